The Labute approximate surface area is 87.0 Å². The fourth-order valence-corrected chi connectivity index (χ4v) is 1.28. The summed E-state index contributed by atoms with van der Waals surface area (Å²) in [5.74, 6) is 0.0675. The van der Waals surface area contributed by atoms with Gasteiger partial charge in [0.25, 0.3) is 0 Å². The van der Waals surface area contributed by atoms with Crippen molar-refractivity contribution < 1.29 is 4.79 Å². The summed E-state index contributed by atoms with van der Waals surface area (Å²) >= 11 is 0. The molecule has 2 atom stereocenters. The number of likely N-dealkylation sites (N-methyl/N-ethyl adjacent to an activating group) is 1. The van der Waals surface area contributed by atoms with Gasteiger partial charge in [0.2, 0.25) is 5.91 Å². The van der Waals surface area contributed by atoms with Crippen molar-refractivity contribution in [3.63, 3.8) is 0 Å². The van der Waals surface area contributed by atoms with E-state index in [1.807, 2.05) is 19.9 Å². The van der Waals surface area contributed by atoms with E-state index in [0.29, 0.717) is 12.6 Å². The van der Waals surface area contributed by atoms with Crippen molar-refractivity contribution in [2.24, 2.45) is 0 Å². The van der Waals surface area contributed by atoms with Crippen molar-refractivity contribution in [3.05, 3.63) is 12.7 Å². The van der Waals surface area contributed by atoms with Gasteiger partial charge in [0.1, 0.15) is 0 Å². The molecule has 0 radical (unpaired) electrons. The Hall–Kier alpha value is -0.830. The van der Waals surface area contributed by atoms with Gasteiger partial charge in [0.05, 0.1) is 6.04 Å². The van der Waals surface area contributed by atoms with E-state index in [4.69, 9.17) is 0 Å². The number of hydrogen-bond acceptors (Lipinski definition) is 2. The minimum absolute atomic E-state index is 0.0675. The van der Waals surface area contributed by atoms with Crippen LogP contribution >= 0.6 is 0 Å². The van der Waals surface area contributed by atoms with Crippen LogP contribution in [0.2, 0.25) is 0 Å². The molecule has 0 rings (SSSR count). The van der Waals surface area contributed by atoms with Gasteiger partial charge in [-0.1, -0.05) is 6.08 Å². The molecular formula is C11H22N2O. The first kappa shape index (κ1) is 13.2. The number of carbonyl (C=O) groups excluding carboxylic acids is 1. The van der Waals surface area contributed by atoms with Crippen molar-refractivity contribution in [1.29, 1.82) is 0 Å². The maximum absolute atomic E-state index is 11.4. The molecule has 0 aromatic heterocycles. The lowest BCUT2D eigenvalue weighted by Crippen LogP contribution is -2.45. The second-order valence-electron chi connectivity index (χ2n) is 3.55. The minimum Gasteiger partial charge on any atom is -0.355 e. The molecule has 3 heteroatoms. The Morgan fingerprint density at radius 2 is 2.14 bits per heavy atom. The highest BCUT2D eigenvalue weighted by Gasteiger charge is 2.13. The zero-order chi connectivity index (χ0) is 11.0. The predicted molar refractivity (Wildman–Crippen MR) is 60.2 cm³/mol. The number of amides is 1. The molecule has 3 nitrogen and oxygen atoms in total. The summed E-state index contributed by atoms with van der Waals surface area (Å²) < 4.78 is 0. The first-order valence-electron chi connectivity index (χ1n) is 5.26. The molecule has 0 saturated carbocycles. The van der Waals surface area contributed by atoms with Crippen molar-refractivity contribution >= 4 is 5.91 Å². The van der Waals surface area contributed by atoms with Gasteiger partial charge in [0, 0.05) is 12.6 Å². The fourth-order valence-electron chi connectivity index (χ4n) is 1.28. The molecule has 2 unspecified atom stereocenters. The third-order valence-corrected chi connectivity index (χ3v) is 2.08. The van der Waals surface area contributed by atoms with E-state index < -0.39 is 0 Å². The summed E-state index contributed by atoms with van der Waals surface area (Å²) in [5, 5.41) is 6.02. The van der Waals surface area contributed by atoms with Crippen LogP contribution in [0.1, 0.15) is 33.6 Å². The predicted octanol–water partition coefficient (Wildman–Crippen LogP) is 1.46. The van der Waals surface area contributed by atoms with Gasteiger partial charge < -0.3 is 10.6 Å². The summed E-state index contributed by atoms with van der Waals surface area (Å²) in [6, 6.07) is 0.236. The van der Waals surface area contributed by atoms with E-state index in [1.54, 1.807) is 0 Å². The molecule has 0 aliphatic carbocycles. The van der Waals surface area contributed by atoms with Gasteiger partial charge in [-0.05, 0) is 33.6 Å². The average Bonchev–Trinajstić information content (AvgIpc) is 2.15. The zero-order valence-electron chi connectivity index (χ0n) is 9.47. The highest BCUT2D eigenvalue weighted by molar-refractivity contribution is 5.81. The van der Waals surface area contributed by atoms with E-state index in [9.17, 15) is 4.79 Å². The monoisotopic (exact) mass is 198 g/mol. The summed E-state index contributed by atoms with van der Waals surface area (Å²) in [7, 11) is 0. The summed E-state index contributed by atoms with van der Waals surface area (Å²) in [4.78, 5) is 11.4. The van der Waals surface area contributed by atoms with E-state index >= 15 is 0 Å². The molecule has 2 N–H and O–H groups in total. The minimum atomic E-state index is -0.116. The van der Waals surface area contributed by atoms with E-state index in [0.717, 1.165) is 12.8 Å². The molecule has 82 valence electrons. The standard InChI is InChI=1S/C11H22N2O/c1-5-7-8-9(3)13-10(4)11(14)12-6-2/h5,9-10,13H,1,6-8H2,2-4H3,(H,12,14). The van der Waals surface area contributed by atoms with E-state index in [2.05, 4.69) is 24.1 Å². The van der Waals surface area contributed by atoms with Gasteiger partial charge in [-0.25, -0.2) is 0 Å². The zero-order valence-corrected chi connectivity index (χ0v) is 9.47. The number of hydrogen-bond donors (Lipinski definition) is 2. The number of rotatable bonds is 7. The summed E-state index contributed by atoms with van der Waals surface area (Å²) in [5.41, 5.74) is 0. The highest BCUT2D eigenvalue weighted by Crippen LogP contribution is 1.98. The Morgan fingerprint density at radius 3 is 2.64 bits per heavy atom. The third kappa shape index (κ3) is 5.75. The van der Waals surface area contributed by atoms with Gasteiger partial charge >= 0.3 is 0 Å². The van der Waals surface area contributed by atoms with Crippen molar-refractivity contribution in [2.45, 2.75) is 45.7 Å². The molecule has 0 saturated heterocycles. The largest absolute Gasteiger partial charge is 0.355 e. The molecule has 0 fully saturated rings. The quantitative estimate of drug-likeness (QED) is 0.608. The highest BCUT2D eigenvalue weighted by atomic mass is 16.2. The summed E-state index contributed by atoms with van der Waals surface area (Å²) in [6.07, 6.45) is 3.90. The topological polar surface area (TPSA) is 41.1 Å². The molecule has 0 spiro atoms. The Bertz CT molecular complexity index is 180. The second kappa shape index (κ2) is 7.56. The average molecular weight is 198 g/mol. The molecule has 1 amide bonds. The maximum Gasteiger partial charge on any atom is 0.236 e. The van der Waals surface area contributed by atoms with Crippen LogP contribution in [0.25, 0.3) is 0 Å². The first-order valence-corrected chi connectivity index (χ1v) is 5.26. The Morgan fingerprint density at radius 1 is 1.50 bits per heavy atom. The normalized spacial score (nSPS) is 14.5. The van der Waals surface area contributed by atoms with Crippen LogP contribution in [0.4, 0.5) is 0 Å². The van der Waals surface area contributed by atoms with Crippen molar-refractivity contribution in [3.8, 4) is 0 Å². The third-order valence-electron chi connectivity index (χ3n) is 2.08. The second-order valence-corrected chi connectivity index (χ2v) is 3.55. The van der Waals surface area contributed by atoms with Crippen LogP contribution in [-0.2, 0) is 4.79 Å². The lowest BCUT2D eigenvalue weighted by atomic mass is 10.1. The van der Waals surface area contributed by atoms with Crippen LogP contribution in [0.5, 0.6) is 0 Å². The number of carbonyl (C=O) groups is 1. The number of nitrogens with one attached hydrogen (secondary N) is 2. The number of allylic oxidation sites excluding steroid dienone is 1. The van der Waals surface area contributed by atoms with Crippen LogP contribution in [0.3, 0.4) is 0 Å². The van der Waals surface area contributed by atoms with Crippen molar-refractivity contribution in [1.82, 2.24) is 10.6 Å². The van der Waals surface area contributed by atoms with Gasteiger partial charge in [-0.3, -0.25) is 4.79 Å². The van der Waals surface area contributed by atoms with Crippen molar-refractivity contribution in [2.75, 3.05) is 6.54 Å². The Kier molecular flexibility index (Phi) is 7.11. The SMILES string of the molecule is C=CCCC(C)NC(C)C(=O)NCC. The van der Waals surface area contributed by atoms with Gasteiger partial charge in [-0.2, -0.15) is 0 Å². The molecule has 0 aliphatic heterocycles. The molecular weight excluding hydrogens is 176 g/mol. The van der Waals surface area contributed by atoms with Crippen LogP contribution in [0.15, 0.2) is 12.7 Å². The Balaban J connectivity index is 3.74. The first-order chi connectivity index (χ1) is 6.61. The lowest BCUT2D eigenvalue weighted by Gasteiger charge is -2.18. The van der Waals surface area contributed by atoms with Gasteiger partial charge in [0.15, 0.2) is 0 Å². The maximum atomic E-state index is 11.4. The fraction of sp³-hybridized carbons (Fsp3) is 0.727. The summed E-state index contributed by atoms with van der Waals surface area (Å²) in [6.45, 7) is 10.2. The molecule has 0 aromatic rings. The smallest absolute Gasteiger partial charge is 0.236 e. The lowest BCUT2D eigenvalue weighted by molar-refractivity contribution is -0.122. The van der Waals surface area contributed by atoms with Gasteiger partial charge in [-0.15, -0.1) is 6.58 Å². The van der Waals surface area contributed by atoms with Crippen LogP contribution < -0.4 is 10.6 Å². The van der Waals surface area contributed by atoms with E-state index in [-0.39, 0.29) is 11.9 Å². The van der Waals surface area contributed by atoms with Crippen LogP contribution in [-0.4, -0.2) is 24.5 Å². The molecule has 14 heavy (non-hydrogen) atoms. The van der Waals surface area contributed by atoms with E-state index in [1.165, 1.54) is 0 Å². The van der Waals surface area contributed by atoms with Crippen LogP contribution in [0, 0.1) is 0 Å². The molecule has 0 aromatic carbocycles. The molecule has 0 heterocycles. The molecule has 0 aliphatic rings. The molecule has 0 bridgehead atoms.